The van der Waals surface area contributed by atoms with Crippen LogP contribution in [-0.4, -0.2) is 30.3 Å². The molecule has 1 atom stereocenters. The summed E-state index contributed by atoms with van der Waals surface area (Å²) < 4.78 is 18.9. The Morgan fingerprint density at radius 3 is 2.94 bits per heavy atom. The predicted molar refractivity (Wildman–Crippen MR) is 65.2 cm³/mol. The van der Waals surface area contributed by atoms with E-state index in [0.717, 1.165) is 18.9 Å². The number of carbonyl (C=O) groups is 1. The van der Waals surface area contributed by atoms with Crippen LogP contribution in [0.25, 0.3) is 0 Å². The fourth-order valence-corrected chi connectivity index (χ4v) is 1.96. The molecule has 18 heavy (non-hydrogen) atoms. The van der Waals surface area contributed by atoms with Gasteiger partial charge in [0.15, 0.2) is 0 Å². The van der Waals surface area contributed by atoms with Gasteiger partial charge < -0.3 is 20.9 Å². The van der Waals surface area contributed by atoms with E-state index in [-0.39, 0.29) is 23.0 Å². The minimum Gasteiger partial charge on any atom is -0.478 e. The summed E-state index contributed by atoms with van der Waals surface area (Å²) in [4.78, 5) is 10.9. The monoisotopic (exact) mass is 254 g/mol. The van der Waals surface area contributed by atoms with E-state index >= 15 is 0 Å². The number of rotatable bonds is 3. The van der Waals surface area contributed by atoms with E-state index in [2.05, 4.69) is 5.32 Å². The Hall–Kier alpha value is -1.82. The van der Waals surface area contributed by atoms with E-state index < -0.39 is 11.8 Å². The van der Waals surface area contributed by atoms with Crippen molar-refractivity contribution in [3.8, 4) is 0 Å². The van der Waals surface area contributed by atoms with E-state index in [1.165, 1.54) is 6.07 Å². The van der Waals surface area contributed by atoms with Crippen molar-refractivity contribution in [2.45, 2.75) is 18.9 Å². The van der Waals surface area contributed by atoms with Gasteiger partial charge in [-0.25, -0.2) is 9.18 Å². The zero-order chi connectivity index (χ0) is 13.1. The largest absolute Gasteiger partial charge is 0.478 e. The van der Waals surface area contributed by atoms with Crippen LogP contribution in [0.2, 0.25) is 0 Å². The van der Waals surface area contributed by atoms with Crippen LogP contribution in [-0.2, 0) is 4.74 Å². The van der Waals surface area contributed by atoms with Crippen LogP contribution in [0, 0.1) is 5.82 Å². The fourth-order valence-electron chi connectivity index (χ4n) is 1.96. The second-order valence-corrected chi connectivity index (χ2v) is 4.28. The highest BCUT2D eigenvalue weighted by Gasteiger charge is 2.18. The first-order valence-corrected chi connectivity index (χ1v) is 5.74. The summed E-state index contributed by atoms with van der Waals surface area (Å²) in [6, 6.07) is 2.25. The molecular formula is C12H15FN2O3. The number of aromatic carboxylic acids is 1. The first-order valence-electron chi connectivity index (χ1n) is 5.74. The lowest BCUT2D eigenvalue weighted by Crippen LogP contribution is -2.30. The average Bonchev–Trinajstić information content (AvgIpc) is 2.33. The highest BCUT2D eigenvalue weighted by atomic mass is 19.1. The molecule has 1 saturated heterocycles. The first-order chi connectivity index (χ1) is 8.58. The van der Waals surface area contributed by atoms with Crippen LogP contribution in [0.1, 0.15) is 23.2 Å². The molecule has 6 heteroatoms. The number of ether oxygens (including phenoxy) is 1. The number of hydrogen-bond acceptors (Lipinski definition) is 4. The molecule has 0 bridgehead atoms. The number of hydrogen-bond donors (Lipinski definition) is 3. The zero-order valence-electron chi connectivity index (χ0n) is 9.78. The molecule has 0 spiro atoms. The number of nitrogens with one attached hydrogen (secondary N) is 1. The van der Waals surface area contributed by atoms with Crippen molar-refractivity contribution in [3.05, 3.63) is 23.5 Å². The lowest BCUT2D eigenvalue weighted by molar-refractivity contribution is 0.0698. The van der Waals surface area contributed by atoms with Crippen molar-refractivity contribution >= 4 is 17.3 Å². The van der Waals surface area contributed by atoms with Crippen LogP contribution in [0.15, 0.2) is 12.1 Å². The Balaban J connectivity index is 2.21. The predicted octanol–water partition coefficient (Wildman–Crippen LogP) is 1.70. The van der Waals surface area contributed by atoms with Crippen molar-refractivity contribution in [2.75, 3.05) is 24.3 Å². The van der Waals surface area contributed by atoms with Gasteiger partial charge in [0.1, 0.15) is 5.82 Å². The third-order valence-corrected chi connectivity index (χ3v) is 2.89. The minimum atomic E-state index is -1.17. The van der Waals surface area contributed by atoms with Gasteiger partial charge >= 0.3 is 5.97 Å². The summed E-state index contributed by atoms with van der Waals surface area (Å²) in [5.41, 5.74) is 5.42. The molecule has 2 rings (SSSR count). The minimum absolute atomic E-state index is 0.00137. The van der Waals surface area contributed by atoms with E-state index in [9.17, 15) is 9.18 Å². The molecule has 0 aromatic heterocycles. The molecule has 1 aliphatic rings. The molecule has 0 amide bonds. The topological polar surface area (TPSA) is 84.6 Å². The maximum absolute atomic E-state index is 13.7. The standard InChI is InChI=1S/C12H15FN2O3/c13-9-5-10(14)8(12(16)17)4-11(9)15-7-2-1-3-18-6-7/h4-5,7,15H,1-3,6,14H2,(H,16,17). The van der Waals surface area contributed by atoms with Crippen LogP contribution < -0.4 is 11.1 Å². The summed E-state index contributed by atoms with van der Waals surface area (Å²) >= 11 is 0. The molecule has 1 aliphatic heterocycles. The fraction of sp³-hybridized carbons (Fsp3) is 0.417. The smallest absolute Gasteiger partial charge is 0.337 e. The molecule has 1 aromatic carbocycles. The van der Waals surface area contributed by atoms with Gasteiger partial charge in [0.25, 0.3) is 0 Å². The van der Waals surface area contributed by atoms with E-state index in [1.54, 1.807) is 0 Å². The van der Waals surface area contributed by atoms with Gasteiger partial charge in [0, 0.05) is 18.3 Å². The second-order valence-electron chi connectivity index (χ2n) is 4.28. The summed E-state index contributed by atoms with van der Waals surface area (Å²) in [5, 5.41) is 11.9. The number of anilines is 2. The Morgan fingerprint density at radius 2 is 2.33 bits per heavy atom. The van der Waals surface area contributed by atoms with Gasteiger partial charge in [-0.3, -0.25) is 0 Å². The quantitative estimate of drug-likeness (QED) is 0.715. The molecule has 1 unspecified atom stereocenters. The summed E-state index contributed by atoms with van der Waals surface area (Å²) in [6.45, 7) is 1.20. The molecule has 0 aliphatic carbocycles. The number of carboxylic acids is 1. The zero-order valence-corrected chi connectivity index (χ0v) is 9.78. The van der Waals surface area contributed by atoms with Crippen molar-refractivity contribution in [3.63, 3.8) is 0 Å². The van der Waals surface area contributed by atoms with Crippen LogP contribution >= 0.6 is 0 Å². The summed E-state index contributed by atoms with van der Waals surface area (Å²) in [6.07, 6.45) is 1.77. The van der Waals surface area contributed by atoms with E-state index in [4.69, 9.17) is 15.6 Å². The van der Waals surface area contributed by atoms with Crippen LogP contribution in [0.3, 0.4) is 0 Å². The number of halogens is 1. The molecule has 1 fully saturated rings. The van der Waals surface area contributed by atoms with Crippen molar-refractivity contribution < 1.29 is 19.0 Å². The first kappa shape index (κ1) is 12.6. The van der Waals surface area contributed by atoms with Crippen LogP contribution in [0.4, 0.5) is 15.8 Å². The summed E-state index contributed by atoms with van der Waals surface area (Å²) in [7, 11) is 0. The number of carboxylic acid groups (broad SMARTS) is 1. The molecule has 0 radical (unpaired) electrons. The maximum Gasteiger partial charge on any atom is 0.337 e. The molecule has 1 heterocycles. The lowest BCUT2D eigenvalue weighted by Gasteiger charge is -2.24. The average molecular weight is 254 g/mol. The molecule has 5 nitrogen and oxygen atoms in total. The second kappa shape index (κ2) is 5.22. The maximum atomic E-state index is 13.7. The van der Waals surface area contributed by atoms with E-state index in [1.807, 2.05) is 0 Å². The summed E-state index contributed by atoms with van der Waals surface area (Å²) in [5.74, 6) is -1.72. The van der Waals surface area contributed by atoms with Gasteiger partial charge in [-0.1, -0.05) is 0 Å². The third-order valence-electron chi connectivity index (χ3n) is 2.89. The highest BCUT2D eigenvalue weighted by Crippen LogP contribution is 2.24. The van der Waals surface area contributed by atoms with Gasteiger partial charge in [-0.05, 0) is 25.0 Å². The lowest BCUT2D eigenvalue weighted by atomic mass is 10.1. The molecule has 0 saturated carbocycles. The molecule has 1 aromatic rings. The molecule has 98 valence electrons. The number of nitrogens with two attached hydrogens (primary N) is 1. The van der Waals surface area contributed by atoms with Gasteiger partial charge in [-0.2, -0.15) is 0 Å². The van der Waals surface area contributed by atoms with Crippen molar-refractivity contribution in [1.82, 2.24) is 0 Å². The molecular weight excluding hydrogens is 239 g/mol. The van der Waals surface area contributed by atoms with Crippen LogP contribution in [0.5, 0.6) is 0 Å². The number of nitrogen functional groups attached to an aromatic ring is 1. The van der Waals surface area contributed by atoms with Crippen molar-refractivity contribution in [2.24, 2.45) is 0 Å². The normalized spacial score (nSPS) is 19.5. The number of benzene rings is 1. The Kier molecular flexibility index (Phi) is 3.66. The Labute approximate surface area is 104 Å². The Bertz CT molecular complexity index is 459. The highest BCUT2D eigenvalue weighted by molar-refractivity contribution is 5.94. The SMILES string of the molecule is Nc1cc(F)c(NC2CCCOC2)cc1C(=O)O. The Morgan fingerprint density at radius 1 is 1.56 bits per heavy atom. The van der Waals surface area contributed by atoms with Gasteiger partial charge in [-0.15, -0.1) is 0 Å². The van der Waals surface area contributed by atoms with Gasteiger partial charge in [0.05, 0.1) is 17.9 Å². The van der Waals surface area contributed by atoms with Gasteiger partial charge in [0.2, 0.25) is 0 Å². The van der Waals surface area contributed by atoms with E-state index in [0.29, 0.717) is 13.2 Å². The van der Waals surface area contributed by atoms with Crippen molar-refractivity contribution in [1.29, 1.82) is 0 Å². The third kappa shape index (κ3) is 2.70. The molecule has 4 N–H and O–H groups in total.